The van der Waals surface area contributed by atoms with Crippen molar-refractivity contribution in [2.45, 2.75) is 38.1 Å². The fraction of sp³-hybridized carbons (Fsp3) is 0.625. The summed E-state index contributed by atoms with van der Waals surface area (Å²) in [6.45, 7) is 8.67. The van der Waals surface area contributed by atoms with Gasteiger partial charge in [0.25, 0.3) is 5.69 Å². The molecule has 0 saturated carbocycles. The van der Waals surface area contributed by atoms with E-state index in [0.717, 1.165) is 13.1 Å². The molecule has 2 rings (SSSR count). The summed E-state index contributed by atoms with van der Waals surface area (Å²) in [4.78, 5) is 12.3. The highest BCUT2D eigenvalue weighted by Gasteiger charge is 2.28. The lowest BCUT2D eigenvalue weighted by atomic mass is 9.92. The molecule has 1 N–H and O–H groups in total. The summed E-state index contributed by atoms with van der Waals surface area (Å²) in [5.41, 5.74) is -0.405. The van der Waals surface area contributed by atoms with E-state index >= 15 is 0 Å². The SMILES string of the molecule is C[C@@H]1C[C@@H](C)CN(C[C@H](C)NS(=O)(=O)c2ccccc2[N+](=O)[O-])C1. The number of nitro benzene ring substituents is 1. The molecule has 134 valence electrons. The molecule has 0 aliphatic carbocycles. The number of sulfonamides is 1. The zero-order valence-corrected chi connectivity index (χ0v) is 15.1. The van der Waals surface area contributed by atoms with E-state index in [1.807, 2.05) is 0 Å². The summed E-state index contributed by atoms with van der Waals surface area (Å²) in [7, 11) is -3.93. The van der Waals surface area contributed by atoms with Crippen molar-refractivity contribution in [3.63, 3.8) is 0 Å². The van der Waals surface area contributed by atoms with Crippen LogP contribution in [0, 0.1) is 22.0 Å². The third-order valence-corrected chi connectivity index (χ3v) is 5.82. The first kappa shape index (κ1) is 18.8. The smallest absolute Gasteiger partial charge is 0.289 e. The van der Waals surface area contributed by atoms with Crippen LogP contribution in [0.5, 0.6) is 0 Å². The van der Waals surface area contributed by atoms with Gasteiger partial charge in [0, 0.05) is 31.7 Å². The van der Waals surface area contributed by atoms with Crippen LogP contribution in [0.25, 0.3) is 0 Å². The number of piperidine rings is 1. The van der Waals surface area contributed by atoms with Crippen LogP contribution in [0.2, 0.25) is 0 Å². The Morgan fingerprint density at radius 3 is 2.46 bits per heavy atom. The highest BCUT2D eigenvalue weighted by Crippen LogP contribution is 2.24. The van der Waals surface area contributed by atoms with Gasteiger partial charge in [-0.15, -0.1) is 0 Å². The summed E-state index contributed by atoms with van der Waals surface area (Å²) in [6, 6.07) is 5.08. The zero-order valence-electron chi connectivity index (χ0n) is 14.3. The van der Waals surface area contributed by atoms with E-state index in [1.54, 1.807) is 6.92 Å². The first-order chi connectivity index (χ1) is 11.2. The molecule has 1 saturated heterocycles. The second-order valence-corrected chi connectivity index (χ2v) is 8.59. The molecule has 0 spiro atoms. The lowest BCUT2D eigenvalue weighted by Crippen LogP contribution is -2.46. The minimum atomic E-state index is -3.93. The van der Waals surface area contributed by atoms with E-state index in [4.69, 9.17) is 0 Å². The topological polar surface area (TPSA) is 92.6 Å². The van der Waals surface area contributed by atoms with Gasteiger partial charge in [-0.1, -0.05) is 26.0 Å². The van der Waals surface area contributed by atoms with Crippen molar-refractivity contribution in [2.75, 3.05) is 19.6 Å². The predicted molar refractivity (Wildman–Crippen MR) is 92.3 cm³/mol. The van der Waals surface area contributed by atoms with Gasteiger partial charge in [0.15, 0.2) is 4.90 Å². The van der Waals surface area contributed by atoms with Crippen LogP contribution in [0.4, 0.5) is 5.69 Å². The first-order valence-corrected chi connectivity index (χ1v) is 9.65. The van der Waals surface area contributed by atoms with Crippen molar-refractivity contribution in [1.29, 1.82) is 0 Å². The Hall–Kier alpha value is -1.51. The maximum Gasteiger partial charge on any atom is 0.289 e. The standard InChI is InChI=1S/C16H25N3O4S/c1-12-8-13(2)10-18(9-12)11-14(3)17-24(22,23)16-7-5-4-6-15(16)19(20)21/h4-7,12-14,17H,8-11H2,1-3H3/t12-,13-,14+/m1/s1. The summed E-state index contributed by atoms with van der Waals surface area (Å²) >= 11 is 0. The maximum atomic E-state index is 12.5. The largest absolute Gasteiger partial charge is 0.301 e. The second-order valence-electron chi connectivity index (χ2n) is 6.91. The van der Waals surface area contributed by atoms with Gasteiger partial charge < -0.3 is 4.90 Å². The number of likely N-dealkylation sites (tertiary alicyclic amines) is 1. The molecule has 1 aliphatic heterocycles. The van der Waals surface area contributed by atoms with Crippen molar-refractivity contribution in [1.82, 2.24) is 9.62 Å². The van der Waals surface area contributed by atoms with E-state index in [0.29, 0.717) is 18.4 Å². The molecule has 1 fully saturated rings. The third kappa shape index (κ3) is 4.75. The minimum Gasteiger partial charge on any atom is -0.301 e. The van der Waals surface area contributed by atoms with E-state index in [1.165, 1.54) is 30.7 Å². The van der Waals surface area contributed by atoms with Gasteiger partial charge >= 0.3 is 0 Å². The van der Waals surface area contributed by atoms with Crippen molar-refractivity contribution in [3.05, 3.63) is 34.4 Å². The fourth-order valence-electron chi connectivity index (χ4n) is 3.53. The number of hydrogen-bond donors (Lipinski definition) is 1. The molecule has 0 radical (unpaired) electrons. The molecule has 1 aromatic carbocycles. The number of nitro groups is 1. The maximum absolute atomic E-state index is 12.5. The Morgan fingerprint density at radius 1 is 1.29 bits per heavy atom. The van der Waals surface area contributed by atoms with Crippen LogP contribution in [0.15, 0.2) is 29.2 Å². The monoisotopic (exact) mass is 355 g/mol. The van der Waals surface area contributed by atoms with E-state index in [-0.39, 0.29) is 10.9 Å². The molecule has 0 amide bonds. The fourth-order valence-corrected chi connectivity index (χ4v) is 4.94. The number of hydrogen-bond acceptors (Lipinski definition) is 5. The molecule has 0 bridgehead atoms. The summed E-state index contributed by atoms with van der Waals surface area (Å²) < 4.78 is 27.6. The number of nitrogens with one attached hydrogen (secondary N) is 1. The lowest BCUT2D eigenvalue weighted by Gasteiger charge is -2.36. The van der Waals surface area contributed by atoms with Crippen molar-refractivity contribution in [2.24, 2.45) is 11.8 Å². The molecule has 0 unspecified atom stereocenters. The average molecular weight is 355 g/mol. The molecular formula is C16H25N3O4S. The molecule has 7 nitrogen and oxygen atoms in total. The Bertz CT molecular complexity index is 682. The van der Waals surface area contributed by atoms with Gasteiger partial charge in [-0.25, -0.2) is 13.1 Å². The van der Waals surface area contributed by atoms with Gasteiger partial charge in [0.05, 0.1) is 4.92 Å². The highest BCUT2D eigenvalue weighted by molar-refractivity contribution is 7.89. The normalized spacial score (nSPS) is 23.8. The number of rotatable bonds is 6. The number of nitrogens with zero attached hydrogens (tertiary/aromatic N) is 2. The molecule has 24 heavy (non-hydrogen) atoms. The van der Waals surface area contributed by atoms with Gasteiger partial charge in [-0.3, -0.25) is 10.1 Å². The Morgan fingerprint density at radius 2 is 1.88 bits per heavy atom. The first-order valence-electron chi connectivity index (χ1n) is 8.17. The van der Waals surface area contributed by atoms with Crippen LogP contribution < -0.4 is 4.72 Å². The molecule has 1 heterocycles. The summed E-state index contributed by atoms with van der Waals surface area (Å²) in [5.74, 6) is 1.18. The average Bonchev–Trinajstić information content (AvgIpc) is 2.45. The van der Waals surface area contributed by atoms with Crippen LogP contribution in [0.3, 0.4) is 0 Å². The highest BCUT2D eigenvalue weighted by atomic mass is 32.2. The molecule has 1 aliphatic rings. The van der Waals surface area contributed by atoms with E-state index < -0.39 is 20.6 Å². The van der Waals surface area contributed by atoms with Crippen LogP contribution in [-0.2, 0) is 10.0 Å². The third-order valence-electron chi connectivity index (χ3n) is 4.18. The van der Waals surface area contributed by atoms with E-state index in [9.17, 15) is 18.5 Å². The molecular weight excluding hydrogens is 330 g/mol. The summed E-state index contributed by atoms with van der Waals surface area (Å²) in [6.07, 6.45) is 1.19. The van der Waals surface area contributed by atoms with Crippen molar-refractivity contribution >= 4 is 15.7 Å². The van der Waals surface area contributed by atoms with Crippen LogP contribution in [0.1, 0.15) is 27.2 Å². The quantitative estimate of drug-likeness (QED) is 0.624. The Balaban J connectivity index is 2.08. The van der Waals surface area contributed by atoms with Gasteiger partial charge in [0.2, 0.25) is 10.0 Å². The Kier molecular flexibility index (Phi) is 5.95. The molecule has 0 aromatic heterocycles. The summed E-state index contributed by atoms with van der Waals surface area (Å²) in [5, 5.41) is 11.0. The molecule has 1 aromatic rings. The number of para-hydroxylation sites is 1. The second kappa shape index (κ2) is 7.58. The van der Waals surface area contributed by atoms with Crippen molar-refractivity contribution < 1.29 is 13.3 Å². The van der Waals surface area contributed by atoms with Crippen molar-refractivity contribution in [3.8, 4) is 0 Å². The lowest BCUT2D eigenvalue weighted by molar-refractivity contribution is -0.387. The zero-order chi connectivity index (χ0) is 17.9. The minimum absolute atomic E-state index is 0.290. The Labute approximate surface area is 143 Å². The molecule has 3 atom stereocenters. The van der Waals surface area contributed by atoms with Gasteiger partial charge in [0.1, 0.15) is 0 Å². The van der Waals surface area contributed by atoms with Gasteiger partial charge in [-0.05, 0) is 31.2 Å². The van der Waals surface area contributed by atoms with Gasteiger partial charge in [-0.2, -0.15) is 0 Å². The number of benzene rings is 1. The molecule has 8 heteroatoms. The van der Waals surface area contributed by atoms with Crippen LogP contribution in [-0.4, -0.2) is 43.9 Å². The van der Waals surface area contributed by atoms with Crippen LogP contribution >= 0.6 is 0 Å². The predicted octanol–water partition coefficient (Wildman–Crippen LogP) is 2.24. The van der Waals surface area contributed by atoms with E-state index in [2.05, 4.69) is 23.5 Å².